The number of carbonyl (C=O) groups excluding carboxylic acids is 2. The smallest absolute Gasteiger partial charge is 0.350 e. The third kappa shape index (κ3) is 4.88. The fourth-order valence-electron chi connectivity index (χ4n) is 3.28. The number of nitrogens with one attached hydrogen (secondary N) is 1. The van der Waals surface area contributed by atoms with Crippen molar-refractivity contribution in [3.05, 3.63) is 65.5 Å². The maximum atomic E-state index is 13.0. The predicted molar refractivity (Wildman–Crippen MR) is 102 cm³/mol. The Morgan fingerprint density at radius 3 is 2.61 bits per heavy atom. The van der Waals surface area contributed by atoms with E-state index in [-0.39, 0.29) is 18.6 Å². The average molecular weight is 385 g/mol. The number of amides is 1. The highest BCUT2D eigenvalue weighted by Crippen LogP contribution is 2.29. The van der Waals surface area contributed by atoms with Crippen LogP contribution < -0.4 is 10.1 Å². The largest absolute Gasteiger partial charge is 0.476 e. The van der Waals surface area contributed by atoms with Gasteiger partial charge in [0.15, 0.2) is 12.2 Å². The molecule has 5 nitrogen and oxygen atoms in total. The van der Waals surface area contributed by atoms with Crippen molar-refractivity contribution in [3.8, 4) is 5.75 Å². The zero-order chi connectivity index (χ0) is 20.1. The summed E-state index contributed by atoms with van der Waals surface area (Å²) in [7, 11) is 0. The van der Waals surface area contributed by atoms with Gasteiger partial charge >= 0.3 is 5.97 Å². The first-order valence-electron chi connectivity index (χ1n) is 9.34. The zero-order valence-electron chi connectivity index (χ0n) is 16.0. The van der Waals surface area contributed by atoms with Crippen LogP contribution in [0.25, 0.3) is 0 Å². The van der Waals surface area contributed by atoms with Crippen LogP contribution in [0.2, 0.25) is 0 Å². The Morgan fingerprint density at radius 2 is 1.86 bits per heavy atom. The normalized spacial score (nSPS) is 16.0. The molecule has 148 valence electrons. The van der Waals surface area contributed by atoms with E-state index in [4.69, 9.17) is 9.47 Å². The number of halogens is 1. The highest BCUT2D eigenvalue weighted by Gasteiger charge is 2.32. The molecular formula is C22H24FNO4. The summed E-state index contributed by atoms with van der Waals surface area (Å²) in [4.78, 5) is 24.6. The third-order valence-electron chi connectivity index (χ3n) is 4.72. The van der Waals surface area contributed by atoms with Crippen molar-refractivity contribution in [1.29, 1.82) is 0 Å². The highest BCUT2D eigenvalue weighted by atomic mass is 19.1. The molecule has 3 rings (SSSR count). The lowest BCUT2D eigenvalue weighted by molar-refractivity contribution is -0.162. The number of benzene rings is 2. The molecular weight excluding hydrogens is 361 g/mol. The summed E-state index contributed by atoms with van der Waals surface area (Å²) in [6.45, 7) is 2.69. The van der Waals surface area contributed by atoms with Gasteiger partial charge in [0.1, 0.15) is 11.6 Å². The number of rotatable bonds is 6. The maximum absolute atomic E-state index is 13.0. The van der Waals surface area contributed by atoms with Gasteiger partial charge in [-0.2, -0.15) is 0 Å². The molecule has 0 unspecified atom stereocenters. The number of carbonyl (C=O) groups is 2. The maximum Gasteiger partial charge on any atom is 0.350 e. The summed E-state index contributed by atoms with van der Waals surface area (Å²) in [6, 6.07) is 13.3. The Balaban J connectivity index is 1.52. The molecule has 0 spiro atoms. The Morgan fingerprint density at radius 1 is 1.14 bits per heavy atom. The molecule has 0 aromatic heterocycles. The first kappa shape index (κ1) is 19.9. The number of fused-ring (bicyclic) bond motifs is 1. The van der Waals surface area contributed by atoms with E-state index in [0.29, 0.717) is 5.75 Å². The minimum Gasteiger partial charge on any atom is -0.476 e. The molecule has 0 heterocycles. The monoisotopic (exact) mass is 385 g/mol. The van der Waals surface area contributed by atoms with Crippen molar-refractivity contribution < 1.29 is 23.5 Å². The van der Waals surface area contributed by atoms with Gasteiger partial charge in [-0.15, -0.1) is 0 Å². The van der Waals surface area contributed by atoms with Crippen molar-refractivity contribution in [2.75, 3.05) is 6.61 Å². The van der Waals surface area contributed by atoms with Crippen LogP contribution in [0, 0.1) is 5.82 Å². The van der Waals surface area contributed by atoms with Crippen molar-refractivity contribution in [2.24, 2.45) is 0 Å². The number of esters is 1. The molecule has 1 atom stereocenters. The van der Waals surface area contributed by atoms with Gasteiger partial charge in [0.05, 0.1) is 6.04 Å². The first-order chi connectivity index (χ1) is 13.3. The number of hydrogen-bond acceptors (Lipinski definition) is 4. The van der Waals surface area contributed by atoms with Crippen LogP contribution in [0.1, 0.15) is 43.9 Å². The lowest BCUT2D eigenvalue weighted by Crippen LogP contribution is -2.42. The van der Waals surface area contributed by atoms with E-state index < -0.39 is 17.4 Å². The van der Waals surface area contributed by atoms with Crippen molar-refractivity contribution >= 4 is 11.9 Å². The van der Waals surface area contributed by atoms with Crippen LogP contribution in [-0.4, -0.2) is 24.1 Å². The quantitative estimate of drug-likeness (QED) is 0.770. The first-order valence-corrected chi connectivity index (χ1v) is 9.34. The molecule has 0 saturated carbocycles. The van der Waals surface area contributed by atoms with Gasteiger partial charge in [0.2, 0.25) is 0 Å². The molecule has 1 amide bonds. The lowest BCUT2D eigenvalue weighted by Gasteiger charge is -2.27. The fourth-order valence-corrected chi connectivity index (χ4v) is 3.28. The van der Waals surface area contributed by atoms with Crippen LogP contribution in [-0.2, 0) is 20.7 Å². The topological polar surface area (TPSA) is 64.6 Å². The molecule has 1 aliphatic rings. The molecule has 6 heteroatoms. The standard InChI is InChI=1S/C22H24FNO4/c1-22(2,28-17-12-10-16(23)11-13-17)21(26)27-14-20(25)24-19-9-5-7-15-6-3-4-8-18(15)19/h3-4,6,8,10-13,19H,5,7,9,14H2,1-2H3,(H,24,25)/t19-/m0/s1. The van der Waals surface area contributed by atoms with Gasteiger partial charge in [-0.3, -0.25) is 4.79 Å². The third-order valence-corrected chi connectivity index (χ3v) is 4.72. The van der Waals surface area contributed by atoms with Crippen molar-refractivity contribution in [3.63, 3.8) is 0 Å². The Kier molecular flexibility index (Phi) is 5.97. The molecule has 2 aromatic rings. The lowest BCUT2D eigenvalue weighted by atomic mass is 9.88. The number of ether oxygens (including phenoxy) is 2. The van der Waals surface area contributed by atoms with Gasteiger partial charge in [-0.25, -0.2) is 9.18 Å². The van der Waals surface area contributed by atoms with Gasteiger partial charge in [0, 0.05) is 0 Å². The Labute approximate surface area is 163 Å². The molecule has 0 radical (unpaired) electrons. The predicted octanol–water partition coefficient (Wildman–Crippen LogP) is 3.72. The second-order valence-corrected chi connectivity index (χ2v) is 7.35. The SMILES string of the molecule is CC(C)(Oc1ccc(F)cc1)C(=O)OCC(=O)N[C@H]1CCCc2ccccc21. The van der Waals surface area contributed by atoms with Gasteiger partial charge in [-0.1, -0.05) is 24.3 Å². The van der Waals surface area contributed by atoms with Gasteiger partial charge < -0.3 is 14.8 Å². The second-order valence-electron chi connectivity index (χ2n) is 7.35. The summed E-state index contributed by atoms with van der Waals surface area (Å²) in [5.41, 5.74) is 1.05. The van der Waals surface area contributed by atoms with Crippen LogP contribution in [0.4, 0.5) is 4.39 Å². The molecule has 0 saturated heterocycles. The summed E-state index contributed by atoms with van der Waals surface area (Å²) >= 11 is 0. The molecule has 2 aromatic carbocycles. The van der Waals surface area contributed by atoms with E-state index in [1.807, 2.05) is 18.2 Å². The number of aryl methyl sites for hydroxylation is 1. The Hall–Kier alpha value is -2.89. The van der Waals surface area contributed by atoms with E-state index >= 15 is 0 Å². The van der Waals surface area contributed by atoms with E-state index in [1.54, 1.807) is 0 Å². The van der Waals surface area contributed by atoms with Gasteiger partial charge in [0.25, 0.3) is 5.91 Å². The fraction of sp³-hybridized carbons (Fsp3) is 0.364. The van der Waals surface area contributed by atoms with Crippen LogP contribution in [0.5, 0.6) is 5.75 Å². The minimum absolute atomic E-state index is 0.0698. The van der Waals surface area contributed by atoms with Crippen LogP contribution in [0.3, 0.4) is 0 Å². The Bertz CT molecular complexity index is 848. The van der Waals surface area contributed by atoms with E-state index in [9.17, 15) is 14.0 Å². The van der Waals surface area contributed by atoms with Crippen molar-refractivity contribution in [2.45, 2.75) is 44.8 Å². The molecule has 1 N–H and O–H groups in total. The molecule has 0 bridgehead atoms. The summed E-state index contributed by atoms with van der Waals surface area (Å²) in [5.74, 6) is -1.08. The van der Waals surface area contributed by atoms with Crippen LogP contribution >= 0.6 is 0 Å². The average Bonchev–Trinajstić information content (AvgIpc) is 2.68. The van der Waals surface area contributed by atoms with E-state index in [0.717, 1.165) is 24.8 Å². The molecule has 0 fully saturated rings. The van der Waals surface area contributed by atoms with E-state index in [1.165, 1.54) is 43.7 Å². The molecule has 28 heavy (non-hydrogen) atoms. The zero-order valence-corrected chi connectivity index (χ0v) is 16.0. The van der Waals surface area contributed by atoms with Gasteiger partial charge in [-0.05, 0) is 68.5 Å². The molecule has 1 aliphatic carbocycles. The van der Waals surface area contributed by atoms with E-state index in [2.05, 4.69) is 11.4 Å². The summed E-state index contributed by atoms with van der Waals surface area (Å²) in [5, 5.41) is 2.94. The van der Waals surface area contributed by atoms with Crippen molar-refractivity contribution in [1.82, 2.24) is 5.32 Å². The number of hydrogen-bond donors (Lipinski definition) is 1. The second kappa shape index (κ2) is 8.42. The van der Waals surface area contributed by atoms with Crippen LogP contribution in [0.15, 0.2) is 48.5 Å². The summed E-state index contributed by atoms with van der Waals surface area (Å²) in [6.07, 6.45) is 2.86. The highest BCUT2D eigenvalue weighted by molar-refractivity contribution is 5.84. The minimum atomic E-state index is -1.31. The molecule has 0 aliphatic heterocycles. The summed E-state index contributed by atoms with van der Waals surface area (Å²) < 4.78 is 23.7.